The number of hydrogen-bond donors (Lipinski definition) is 0. The second kappa shape index (κ2) is 6.72. The Morgan fingerprint density at radius 1 is 1.27 bits per heavy atom. The molecule has 3 aliphatic heterocycles. The molecule has 0 N–H and O–H groups in total. The van der Waals surface area contributed by atoms with Gasteiger partial charge in [0.2, 0.25) is 0 Å². The van der Waals surface area contributed by atoms with Crippen LogP contribution in [0.5, 0.6) is 0 Å². The van der Waals surface area contributed by atoms with Gasteiger partial charge in [0.1, 0.15) is 5.60 Å². The van der Waals surface area contributed by atoms with Crippen LogP contribution in [0, 0.1) is 5.92 Å². The van der Waals surface area contributed by atoms with Crippen LogP contribution >= 0.6 is 0 Å². The highest BCUT2D eigenvalue weighted by molar-refractivity contribution is 5.74. The summed E-state index contributed by atoms with van der Waals surface area (Å²) in [5.74, 6) is 0.566. The monoisotopic (exact) mass is 311 g/mol. The molecule has 0 saturated carbocycles. The average Bonchev–Trinajstić information content (AvgIpc) is 3.07. The van der Waals surface area contributed by atoms with E-state index in [4.69, 9.17) is 9.47 Å². The molecule has 2 atom stereocenters. The van der Waals surface area contributed by atoms with Crippen molar-refractivity contribution in [1.29, 1.82) is 0 Å². The van der Waals surface area contributed by atoms with E-state index in [0.717, 1.165) is 19.6 Å². The normalized spacial score (nSPS) is 33.4. The van der Waals surface area contributed by atoms with E-state index >= 15 is 0 Å². The zero-order chi connectivity index (χ0) is 15.6. The van der Waals surface area contributed by atoms with E-state index in [0.29, 0.717) is 32.2 Å². The summed E-state index contributed by atoms with van der Waals surface area (Å²) >= 11 is 0. The van der Waals surface area contributed by atoms with Crippen LogP contribution in [0.4, 0.5) is 4.79 Å². The molecule has 6 nitrogen and oxygen atoms in total. The summed E-state index contributed by atoms with van der Waals surface area (Å²) in [6, 6.07) is 0.0523. The SMILES string of the molecule is CN(C)C(=O)N1CCOC[C@@]2(C[C@@H](CN3CCCC3)CO2)C1. The minimum absolute atomic E-state index is 0.0523. The summed E-state index contributed by atoms with van der Waals surface area (Å²) in [6.07, 6.45) is 3.65. The lowest BCUT2D eigenvalue weighted by Gasteiger charge is -2.32. The van der Waals surface area contributed by atoms with Crippen molar-refractivity contribution in [2.75, 3.05) is 66.6 Å². The largest absolute Gasteiger partial charge is 0.377 e. The first-order chi connectivity index (χ1) is 10.6. The number of carbonyl (C=O) groups is 1. The molecule has 0 aliphatic carbocycles. The topological polar surface area (TPSA) is 45.2 Å². The summed E-state index contributed by atoms with van der Waals surface area (Å²) in [5.41, 5.74) is -0.299. The van der Waals surface area contributed by atoms with Gasteiger partial charge < -0.3 is 24.2 Å². The zero-order valence-corrected chi connectivity index (χ0v) is 13.9. The van der Waals surface area contributed by atoms with E-state index in [2.05, 4.69) is 4.90 Å². The Kier molecular flexibility index (Phi) is 4.90. The van der Waals surface area contributed by atoms with Crippen LogP contribution < -0.4 is 0 Å². The number of amides is 2. The van der Waals surface area contributed by atoms with E-state index in [-0.39, 0.29) is 11.6 Å². The van der Waals surface area contributed by atoms with Crippen molar-refractivity contribution in [2.24, 2.45) is 5.92 Å². The van der Waals surface area contributed by atoms with Crippen molar-refractivity contribution >= 4 is 6.03 Å². The fourth-order valence-corrected chi connectivity index (χ4v) is 3.95. The number of carbonyl (C=O) groups excluding carboxylic acids is 1. The Bertz CT molecular complexity index is 398. The molecule has 3 saturated heterocycles. The Hall–Kier alpha value is -0.850. The minimum Gasteiger partial charge on any atom is -0.377 e. The Morgan fingerprint density at radius 3 is 2.77 bits per heavy atom. The van der Waals surface area contributed by atoms with Gasteiger partial charge in [-0.3, -0.25) is 0 Å². The predicted molar refractivity (Wildman–Crippen MR) is 83.9 cm³/mol. The molecular formula is C16H29N3O3. The van der Waals surface area contributed by atoms with Crippen LogP contribution in [0.3, 0.4) is 0 Å². The van der Waals surface area contributed by atoms with Crippen LogP contribution in [0.25, 0.3) is 0 Å². The third kappa shape index (κ3) is 3.55. The Balaban J connectivity index is 1.60. The lowest BCUT2D eigenvalue weighted by atomic mass is 9.94. The fraction of sp³-hybridized carbons (Fsp3) is 0.938. The molecule has 3 fully saturated rings. The first kappa shape index (κ1) is 16.0. The van der Waals surface area contributed by atoms with Crippen molar-refractivity contribution < 1.29 is 14.3 Å². The molecule has 1 spiro atoms. The smallest absolute Gasteiger partial charge is 0.319 e. The van der Waals surface area contributed by atoms with Crippen molar-refractivity contribution in [1.82, 2.24) is 14.7 Å². The summed E-state index contributed by atoms with van der Waals surface area (Å²) in [4.78, 5) is 18.3. The molecule has 0 radical (unpaired) electrons. The number of hydrogen-bond acceptors (Lipinski definition) is 4. The maximum Gasteiger partial charge on any atom is 0.319 e. The van der Waals surface area contributed by atoms with E-state index in [1.165, 1.54) is 25.9 Å². The maximum absolute atomic E-state index is 12.3. The number of urea groups is 1. The van der Waals surface area contributed by atoms with Crippen LogP contribution in [0.15, 0.2) is 0 Å². The van der Waals surface area contributed by atoms with E-state index in [1.807, 2.05) is 4.90 Å². The molecule has 0 bridgehead atoms. The standard InChI is InChI=1S/C16H29N3O3/c1-17(2)15(20)19-7-8-21-13-16(12-19)9-14(11-22-16)10-18-5-3-4-6-18/h14H,3-13H2,1-2H3/t14-,16+/m0/s1. The second-order valence-electron chi connectivity index (χ2n) is 7.22. The first-order valence-electron chi connectivity index (χ1n) is 8.48. The van der Waals surface area contributed by atoms with Crippen molar-refractivity contribution in [2.45, 2.75) is 24.9 Å². The Labute approximate surface area is 133 Å². The fourth-order valence-electron chi connectivity index (χ4n) is 3.95. The predicted octanol–water partition coefficient (Wildman–Crippen LogP) is 0.871. The number of nitrogens with zero attached hydrogens (tertiary/aromatic N) is 3. The molecule has 2 amide bonds. The molecule has 0 aromatic carbocycles. The van der Waals surface area contributed by atoms with Gasteiger partial charge in [0, 0.05) is 27.2 Å². The van der Waals surface area contributed by atoms with E-state index in [9.17, 15) is 4.79 Å². The van der Waals surface area contributed by atoms with Gasteiger partial charge in [0.15, 0.2) is 0 Å². The minimum atomic E-state index is -0.299. The summed E-state index contributed by atoms with van der Waals surface area (Å²) in [7, 11) is 3.60. The zero-order valence-electron chi connectivity index (χ0n) is 13.9. The van der Waals surface area contributed by atoms with Gasteiger partial charge in [-0.05, 0) is 38.3 Å². The van der Waals surface area contributed by atoms with Gasteiger partial charge in [-0.15, -0.1) is 0 Å². The number of ether oxygens (including phenoxy) is 2. The van der Waals surface area contributed by atoms with Crippen molar-refractivity contribution in [3.05, 3.63) is 0 Å². The lowest BCUT2D eigenvalue weighted by molar-refractivity contribution is -0.0535. The molecule has 6 heteroatoms. The molecule has 3 heterocycles. The third-order valence-electron chi connectivity index (χ3n) is 5.00. The molecule has 3 aliphatic rings. The maximum atomic E-state index is 12.3. The van der Waals surface area contributed by atoms with Gasteiger partial charge in [-0.1, -0.05) is 0 Å². The molecule has 3 rings (SSSR count). The van der Waals surface area contributed by atoms with Gasteiger partial charge in [0.25, 0.3) is 0 Å². The average molecular weight is 311 g/mol. The highest BCUT2D eigenvalue weighted by atomic mass is 16.5. The molecule has 0 aromatic rings. The highest BCUT2D eigenvalue weighted by Crippen LogP contribution is 2.33. The van der Waals surface area contributed by atoms with Crippen LogP contribution in [-0.4, -0.2) is 93.0 Å². The molecule has 0 aromatic heterocycles. The van der Waals surface area contributed by atoms with Crippen LogP contribution in [0.1, 0.15) is 19.3 Å². The summed E-state index contributed by atoms with van der Waals surface area (Å²) < 4.78 is 11.9. The van der Waals surface area contributed by atoms with Crippen LogP contribution in [0.2, 0.25) is 0 Å². The van der Waals surface area contributed by atoms with Gasteiger partial charge in [0.05, 0.1) is 26.4 Å². The number of likely N-dealkylation sites (tertiary alicyclic amines) is 1. The lowest BCUT2D eigenvalue weighted by Crippen LogP contribution is -2.49. The van der Waals surface area contributed by atoms with Gasteiger partial charge in [-0.2, -0.15) is 0 Å². The Morgan fingerprint density at radius 2 is 2.05 bits per heavy atom. The summed E-state index contributed by atoms with van der Waals surface area (Å²) in [5, 5.41) is 0. The third-order valence-corrected chi connectivity index (χ3v) is 5.00. The molecular weight excluding hydrogens is 282 g/mol. The summed E-state index contributed by atoms with van der Waals surface area (Å²) in [6.45, 7) is 6.89. The van der Waals surface area contributed by atoms with Gasteiger partial charge in [-0.25, -0.2) is 4.79 Å². The quantitative estimate of drug-likeness (QED) is 0.759. The van der Waals surface area contributed by atoms with Crippen molar-refractivity contribution in [3.63, 3.8) is 0 Å². The van der Waals surface area contributed by atoms with Crippen molar-refractivity contribution in [3.8, 4) is 0 Å². The van der Waals surface area contributed by atoms with Crippen LogP contribution in [-0.2, 0) is 9.47 Å². The molecule has 22 heavy (non-hydrogen) atoms. The highest BCUT2D eigenvalue weighted by Gasteiger charge is 2.44. The first-order valence-corrected chi connectivity index (χ1v) is 8.48. The molecule has 0 unspecified atom stereocenters. The second-order valence-corrected chi connectivity index (χ2v) is 7.22. The van der Waals surface area contributed by atoms with E-state index in [1.54, 1.807) is 19.0 Å². The number of rotatable bonds is 2. The van der Waals surface area contributed by atoms with E-state index < -0.39 is 0 Å². The molecule has 126 valence electrons. The van der Waals surface area contributed by atoms with Gasteiger partial charge >= 0.3 is 6.03 Å².